The largest absolute Gasteiger partial charge is 0.303 e. The fourth-order valence-electron chi connectivity index (χ4n) is 4.38. The smallest absolute Gasteiger partial charge is 0.0489 e. The predicted molar refractivity (Wildman–Crippen MR) is 89.0 cm³/mol. The molecule has 2 aromatic rings. The first kappa shape index (κ1) is 14.0. The van der Waals surface area contributed by atoms with E-state index in [0.29, 0.717) is 5.41 Å². The average Bonchev–Trinajstić information content (AvgIpc) is 3.19. The minimum atomic E-state index is 0.495. The molecule has 3 heteroatoms. The van der Waals surface area contributed by atoms with Crippen LogP contribution in [0.4, 0.5) is 0 Å². The Labute approximate surface area is 132 Å². The van der Waals surface area contributed by atoms with E-state index in [4.69, 9.17) is 0 Å². The number of rotatable bonds is 4. The van der Waals surface area contributed by atoms with Crippen LogP contribution in [0.2, 0.25) is 0 Å². The van der Waals surface area contributed by atoms with E-state index in [1.807, 2.05) is 16.9 Å². The fourth-order valence-corrected chi connectivity index (χ4v) is 4.38. The number of nitrogens with zero attached hydrogens (tertiary/aromatic N) is 3. The quantitative estimate of drug-likeness (QED) is 0.863. The zero-order chi connectivity index (χ0) is 14.8. The van der Waals surface area contributed by atoms with E-state index in [-0.39, 0.29) is 0 Å². The summed E-state index contributed by atoms with van der Waals surface area (Å²) in [5.41, 5.74) is 3.76. The van der Waals surface area contributed by atoms with Crippen molar-refractivity contribution >= 4 is 0 Å². The lowest BCUT2D eigenvalue weighted by Gasteiger charge is -2.40. The zero-order valence-electron chi connectivity index (χ0n) is 13.2. The summed E-state index contributed by atoms with van der Waals surface area (Å²) in [6, 6.07) is 11.1. The van der Waals surface area contributed by atoms with Crippen LogP contribution >= 0.6 is 0 Å². The maximum atomic E-state index is 4.28. The van der Waals surface area contributed by atoms with Gasteiger partial charge in [0.2, 0.25) is 0 Å². The summed E-state index contributed by atoms with van der Waals surface area (Å²) in [4.78, 5) is 2.65. The number of aromatic nitrogens is 2. The average molecular weight is 295 g/mol. The molecule has 1 saturated heterocycles. The molecule has 0 bridgehead atoms. The maximum Gasteiger partial charge on any atom is 0.0489 e. The number of likely N-dealkylation sites (tertiary alicyclic amines) is 1. The van der Waals surface area contributed by atoms with Crippen molar-refractivity contribution in [3.8, 4) is 0 Å². The van der Waals surface area contributed by atoms with E-state index >= 15 is 0 Å². The summed E-state index contributed by atoms with van der Waals surface area (Å²) in [7, 11) is 0. The topological polar surface area (TPSA) is 21.1 Å². The van der Waals surface area contributed by atoms with E-state index in [2.05, 4.69) is 40.5 Å². The highest BCUT2D eigenvalue weighted by Crippen LogP contribution is 2.46. The van der Waals surface area contributed by atoms with E-state index < -0.39 is 0 Å². The first-order chi connectivity index (χ1) is 10.9. The Bertz CT molecular complexity index is 609. The van der Waals surface area contributed by atoms with E-state index in [1.165, 1.54) is 51.7 Å². The van der Waals surface area contributed by atoms with Crippen molar-refractivity contribution in [2.75, 3.05) is 19.6 Å². The van der Waals surface area contributed by atoms with E-state index in [1.54, 1.807) is 11.1 Å². The Morgan fingerprint density at radius 3 is 2.68 bits per heavy atom. The zero-order valence-corrected chi connectivity index (χ0v) is 13.2. The van der Waals surface area contributed by atoms with Gasteiger partial charge < -0.3 is 4.90 Å². The van der Waals surface area contributed by atoms with Crippen molar-refractivity contribution < 1.29 is 0 Å². The number of hydrogen-bond donors (Lipinski definition) is 0. The van der Waals surface area contributed by atoms with Gasteiger partial charge in [0.25, 0.3) is 0 Å². The van der Waals surface area contributed by atoms with Crippen LogP contribution in [-0.2, 0) is 18.4 Å². The second kappa shape index (κ2) is 5.88. The monoisotopic (exact) mass is 295 g/mol. The van der Waals surface area contributed by atoms with E-state index in [0.717, 1.165) is 6.54 Å². The molecule has 1 spiro atoms. The minimum Gasteiger partial charge on any atom is -0.303 e. The molecule has 1 aliphatic carbocycles. The van der Waals surface area contributed by atoms with Crippen LogP contribution in [0.5, 0.6) is 0 Å². The maximum absolute atomic E-state index is 4.28. The van der Waals surface area contributed by atoms with Crippen molar-refractivity contribution in [2.45, 2.75) is 44.1 Å². The van der Waals surface area contributed by atoms with Crippen molar-refractivity contribution in [1.82, 2.24) is 14.7 Å². The minimum absolute atomic E-state index is 0.495. The molecule has 0 unspecified atom stereocenters. The number of hydrogen-bond acceptors (Lipinski definition) is 2. The van der Waals surface area contributed by atoms with Crippen LogP contribution in [0, 0.1) is 0 Å². The van der Waals surface area contributed by atoms with Gasteiger partial charge in [-0.3, -0.25) is 4.68 Å². The van der Waals surface area contributed by atoms with Crippen LogP contribution in [-0.4, -0.2) is 34.3 Å². The summed E-state index contributed by atoms with van der Waals surface area (Å²) < 4.78 is 2.04. The molecule has 116 valence electrons. The van der Waals surface area contributed by atoms with Gasteiger partial charge in [0.1, 0.15) is 0 Å². The number of piperidine rings is 1. The Balaban J connectivity index is 1.32. The third-order valence-corrected chi connectivity index (χ3v) is 5.70. The van der Waals surface area contributed by atoms with Crippen LogP contribution in [0.3, 0.4) is 0 Å². The molecule has 0 N–H and O–H groups in total. The molecule has 3 nitrogen and oxygen atoms in total. The van der Waals surface area contributed by atoms with Gasteiger partial charge in [-0.2, -0.15) is 5.10 Å². The molecule has 2 aliphatic rings. The first-order valence-electron chi connectivity index (χ1n) is 8.64. The molecule has 22 heavy (non-hydrogen) atoms. The van der Waals surface area contributed by atoms with Crippen LogP contribution < -0.4 is 0 Å². The standard InChI is InChI=1S/C19H25N3/c1-2-6-18-17(5-1)7-8-19(18)9-15-21(16-10-19)12-4-14-22-13-3-11-20-22/h1-3,5-6,11,13H,4,7-10,12,14-16H2. The lowest BCUT2D eigenvalue weighted by atomic mass is 9.74. The van der Waals surface area contributed by atoms with Gasteiger partial charge >= 0.3 is 0 Å². The molecule has 1 aliphatic heterocycles. The van der Waals surface area contributed by atoms with Crippen LogP contribution in [0.1, 0.15) is 36.8 Å². The SMILES string of the molecule is c1ccc2c(c1)CCC21CCN(CCCn2cccn2)CC1. The molecule has 0 radical (unpaired) electrons. The molecule has 1 aromatic carbocycles. The normalized spacial score (nSPS) is 20.4. The van der Waals surface area contributed by atoms with E-state index in [9.17, 15) is 0 Å². The summed E-state index contributed by atoms with van der Waals surface area (Å²) in [6.07, 6.45) is 10.5. The van der Waals surface area contributed by atoms with Gasteiger partial charge in [-0.05, 0) is 74.3 Å². The molecule has 4 rings (SSSR count). The number of aryl methyl sites for hydroxylation is 2. The molecule has 2 heterocycles. The number of fused-ring (bicyclic) bond motifs is 2. The van der Waals surface area contributed by atoms with Gasteiger partial charge in [-0.25, -0.2) is 0 Å². The second-order valence-electron chi connectivity index (χ2n) is 6.90. The third-order valence-electron chi connectivity index (χ3n) is 5.70. The van der Waals surface area contributed by atoms with Gasteiger partial charge in [0.15, 0.2) is 0 Å². The molecule has 0 saturated carbocycles. The lowest BCUT2D eigenvalue weighted by molar-refractivity contribution is 0.155. The molecular formula is C19H25N3. The molecule has 0 amide bonds. The highest BCUT2D eigenvalue weighted by Gasteiger charge is 2.40. The van der Waals surface area contributed by atoms with Crippen molar-refractivity contribution in [3.05, 3.63) is 53.9 Å². The Morgan fingerprint density at radius 1 is 1.00 bits per heavy atom. The van der Waals surface area contributed by atoms with Gasteiger partial charge in [0, 0.05) is 18.9 Å². The van der Waals surface area contributed by atoms with Gasteiger partial charge in [-0.1, -0.05) is 24.3 Å². The highest BCUT2D eigenvalue weighted by molar-refractivity contribution is 5.39. The second-order valence-corrected chi connectivity index (χ2v) is 6.90. The fraction of sp³-hybridized carbons (Fsp3) is 0.526. The molecular weight excluding hydrogens is 270 g/mol. The summed E-state index contributed by atoms with van der Waals surface area (Å²) in [6.45, 7) is 4.76. The third kappa shape index (κ3) is 2.58. The van der Waals surface area contributed by atoms with Crippen molar-refractivity contribution in [1.29, 1.82) is 0 Å². The number of benzene rings is 1. The Hall–Kier alpha value is -1.61. The summed E-state index contributed by atoms with van der Waals surface area (Å²) >= 11 is 0. The van der Waals surface area contributed by atoms with Crippen LogP contribution in [0.15, 0.2) is 42.7 Å². The predicted octanol–water partition coefficient (Wildman–Crippen LogP) is 3.25. The summed E-state index contributed by atoms with van der Waals surface area (Å²) in [5.74, 6) is 0. The summed E-state index contributed by atoms with van der Waals surface area (Å²) in [5, 5.41) is 4.28. The van der Waals surface area contributed by atoms with Crippen molar-refractivity contribution in [3.63, 3.8) is 0 Å². The first-order valence-corrected chi connectivity index (χ1v) is 8.64. The van der Waals surface area contributed by atoms with Crippen molar-refractivity contribution in [2.24, 2.45) is 0 Å². The molecule has 0 atom stereocenters. The Kier molecular flexibility index (Phi) is 3.75. The molecule has 1 aromatic heterocycles. The highest BCUT2D eigenvalue weighted by atomic mass is 15.3. The molecule has 1 fully saturated rings. The van der Waals surface area contributed by atoms with Gasteiger partial charge in [0.05, 0.1) is 0 Å². The van der Waals surface area contributed by atoms with Gasteiger partial charge in [-0.15, -0.1) is 0 Å². The Morgan fingerprint density at radius 2 is 1.86 bits per heavy atom. The lowest BCUT2D eigenvalue weighted by Crippen LogP contribution is -2.42. The van der Waals surface area contributed by atoms with Crippen LogP contribution in [0.25, 0.3) is 0 Å².